The van der Waals surface area contributed by atoms with Gasteiger partial charge in [-0.25, -0.2) is 0 Å². The molecule has 8 heteroatoms. The number of hydrazine groups is 1. The predicted octanol–water partition coefficient (Wildman–Crippen LogP) is 1.87. The van der Waals surface area contributed by atoms with Crippen molar-refractivity contribution in [3.05, 3.63) is 41.9 Å². The highest BCUT2D eigenvalue weighted by atomic mass is 35.5. The number of aromatic nitrogens is 3. The van der Waals surface area contributed by atoms with Gasteiger partial charge in [-0.1, -0.05) is 11.6 Å². The number of aromatic amines is 1. The highest BCUT2D eigenvalue weighted by Gasteiger charge is 2.15. The number of benzene rings is 1. The van der Waals surface area contributed by atoms with E-state index in [1.54, 1.807) is 30.1 Å². The van der Waals surface area contributed by atoms with Crippen molar-refractivity contribution in [1.82, 2.24) is 20.2 Å². The lowest BCUT2D eigenvalue weighted by atomic mass is 10.1. The van der Waals surface area contributed by atoms with E-state index < -0.39 is 0 Å². The van der Waals surface area contributed by atoms with Gasteiger partial charge in [-0.2, -0.15) is 5.10 Å². The van der Waals surface area contributed by atoms with E-state index in [1.165, 1.54) is 6.20 Å². The van der Waals surface area contributed by atoms with Crippen molar-refractivity contribution >= 4 is 28.3 Å². The molecule has 0 fully saturated rings. The fourth-order valence-electron chi connectivity index (χ4n) is 2.38. The number of halogens is 1. The predicted molar refractivity (Wildman–Crippen MR) is 86.9 cm³/mol. The van der Waals surface area contributed by atoms with Crippen LogP contribution < -0.4 is 21.7 Å². The molecule has 0 aliphatic carbocycles. The monoisotopic (exact) mass is 318 g/mol. The van der Waals surface area contributed by atoms with E-state index in [0.717, 1.165) is 22.0 Å². The molecule has 7 nitrogen and oxygen atoms in total. The van der Waals surface area contributed by atoms with Gasteiger partial charge in [0.2, 0.25) is 0 Å². The Hall–Kier alpha value is -2.64. The molecular weight excluding hydrogens is 304 g/mol. The topological polar surface area (TPSA) is 107 Å². The second-order valence-corrected chi connectivity index (χ2v) is 5.05. The van der Waals surface area contributed by atoms with Crippen LogP contribution in [0.2, 0.25) is 5.02 Å². The van der Waals surface area contributed by atoms with Crippen molar-refractivity contribution < 1.29 is 4.74 Å². The quantitative estimate of drug-likeness (QED) is 0.434. The Bertz CT molecular complexity index is 837. The van der Waals surface area contributed by atoms with Gasteiger partial charge in [0.1, 0.15) is 11.6 Å². The second kappa shape index (κ2) is 5.63. The molecule has 114 valence electrons. The fraction of sp³-hybridized carbons (Fsp3) is 0.0714. The van der Waals surface area contributed by atoms with Gasteiger partial charge >= 0.3 is 0 Å². The summed E-state index contributed by atoms with van der Waals surface area (Å²) in [5.74, 6) is 6.33. The summed E-state index contributed by atoms with van der Waals surface area (Å²) in [6.45, 7) is 0. The van der Waals surface area contributed by atoms with Crippen LogP contribution in [0.5, 0.6) is 5.75 Å². The molecule has 0 aliphatic rings. The summed E-state index contributed by atoms with van der Waals surface area (Å²) in [4.78, 5) is 0. The maximum Gasteiger partial charge on any atom is 0.138 e. The Labute approximate surface area is 131 Å². The average molecular weight is 319 g/mol. The van der Waals surface area contributed by atoms with Crippen molar-refractivity contribution in [2.24, 2.45) is 11.6 Å². The molecule has 0 saturated carbocycles. The zero-order chi connectivity index (χ0) is 15.7. The van der Waals surface area contributed by atoms with Crippen molar-refractivity contribution in [3.63, 3.8) is 0 Å². The number of ether oxygens (including phenoxy) is 1. The molecule has 1 aromatic carbocycles. The lowest BCUT2D eigenvalue weighted by Crippen LogP contribution is -2.18. The van der Waals surface area contributed by atoms with Crippen molar-refractivity contribution in [3.8, 4) is 16.9 Å². The highest BCUT2D eigenvalue weighted by molar-refractivity contribution is 6.33. The molecule has 22 heavy (non-hydrogen) atoms. The minimum absolute atomic E-state index is 0.434. The average Bonchev–Trinajstić information content (AvgIpc) is 3.13. The summed E-state index contributed by atoms with van der Waals surface area (Å²) in [5.41, 5.74) is 11.2. The van der Waals surface area contributed by atoms with Crippen LogP contribution in [0.1, 0.15) is 0 Å². The summed E-state index contributed by atoms with van der Waals surface area (Å²) in [5, 5.41) is 8.23. The Morgan fingerprint density at radius 3 is 2.95 bits per heavy atom. The molecule has 0 unspecified atom stereocenters. The van der Waals surface area contributed by atoms with Crippen molar-refractivity contribution in [2.45, 2.75) is 0 Å². The Balaban J connectivity index is 2.33. The first-order valence-corrected chi connectivity index (χ1v) is 6.83. The third kappa shape index (κ3) is 2.26. The van der Waals surface area contributed by atoms with Crippen LogP contribution in [0.3, 0.4) is 0 Å². The number of nitrogens with one attached hydrogen (secondary N) is 2. The zero-order valence-electron chi connectivity index (χ0n) is 11.8. The highest BCUT2D eigenvalue weighted by Crippen LogP contribution is 2.37. The number of hydrogen-bond donors (Lipinski definition) is 4. The molecule has 0 radical (unpaired) electrons. The first-order valence-electron chi connectivity index (χ1n) is 6.45. The molecule has 0 saturated heterocycles. The molecule has 0 bridgehead atoms. The summed E-state index contributed by atoms with van der Waals surface area (Å²) >= 11 is 6.23. The van der Waals surface area contributed by atoms with E-state index in [4.69, 9.17) is 27.9 Å². The minimum atomic E-state index is 0.434. The van der Waals surface area contributed by atoms with E-state index in [-0.39, 0.29) is 0 Å². The third-order valence-corrected chi connectivity index (χ3v) is 3.69. The van der Waals surface area contributed by atoms with Crippen LogP contribution in [0.4, 0.5) is 0 Å². The van der Waals surface area contributed by atoms with E-state index in [9.17, 15) is 0 Å². The van der Waals surface area contributed by atoms with Crippen LogP contribution >= 0.6 is 11.6 Å². The van der Waals surface area contributed by atoms with Crippen molar-refractivity contribution in [2.75, 3.05) is 7.11 Å². The summed E-state index contributed by atoms with van der Waals surface area (Å²) in [6.07, 6.45) is 6.94. The molecule has 6 N–H and O–H groups in total. The number of nitrogens with zero attached hydrogens (tertiary/aromatic N) is 2. The summed E-state index contributed by atoms with van der Waals surface area (Å²) in [7, 11) is 1.58. The van der Waals surface area contributed by atoms with E-state index >= 15 is 0 Å². The first kappa shape index (κ1) is 14.3. The number of H-pyrrole nitrogens is 1. The summed E-state index contributed by atoms with van der Waals surface area (Å²) in [6, 6.07) is 3.68. The molecule has 3 aromatic rings. The van der Waals surface area contributed by atoms with Gasteiger partial charge in [0.05, 0.1) is 30.0 Å². The second-order valence-electron chi connectivity index (χ2n) is 4.64. The Morgan fingerprint density at radius 1 is 1.50 bits per heavy atom. The van der Waals surface area contributed by atoms with E-state index in [1.807, 2.05) is 12.3 Å². The number of methoxy groups -OCH3 is 1. The Kier molecular flexibility index (Phi) is 3.66. The van der Waals surface area contributed by atoms with Crippen LogP contribution in [-0.4, -0.2) is 21.9 Å². The van der Waals surface area contributed by atoms with Gasteiger partial charge < -0.3 is 20.5 Å². The molecule has 3 rings (SSSR count). The van der Waals surface area contributed by atoms with Gasteiger partial charge in [0.15, 0.2) is 0 Å². The largest absolute Gasteiger partial charge is 0.495 e. The summed E-state index contributed by atoms with van der Waals surface area (Å²) < 4.78 is 7.09. The van der Waals surface area contributed by atoms with E-state index in [0.29, 0.717) is 16.6 Å². The maximum absolute atomic E-state index is 6.23. The molecule has 0 amide bonds. The molecule has 2 aromatic heterocycles. The van der Waals surface area contributed by atoms with Gasteiger partial charge in [-0.15, -0.1) is 0 Å². The van der Waals surface area contributed by atoms with Gasteiger partial charge in [0, 0.05) is 28.9 Å². The van der Waals surface area contributed by atoms with Gasteiger partial charge in [-0.3, -0.25) is 10.9 Å². The zero-order valence-corrected chi connectivity index (χ0v) is 12.6. The van der Waals surface area contributed by atoms with Crippen molar-refractivity contribution in [1.29, 1.82) is 0 Å². The van der Waals surface area contributed by atoms with Gasteiger partial charge in [0.25, 0.3) is 0 Å². The van der Waals surface area contributed by atoms with Gasteiger partial charge in [-0.05, 0) is 12.1 Å². The standard InChI is InChI=1S/C14H15ClN6O/c1-22-13-2-9-10(8-4-19-20-5-8)7-21(14(16)6-18-17)12(9)3-11(13)15/h2-7,18H,16-17H2,1H3,(H,19,20)/b14-6+. The SMILES string of the molecule is COc1cc2c(-c3cn[nH]c3)cn(/C(N)=C/NN)c2cc1Cl. The smallest absolute Gasteiger partial charge is 0.138 e. The molecule has 0 aliphatic heterocycles. The minimum Gasteiger partial charge on any atom is -0.495 e. The molecule has 0 atom stereocenters. The molecule has 0 spiro atoms. The maximum atomic E-state index is 6.23. The number of nitrogens with two attached hydrogens (primary N) is 2. The number of rotatable bonds is 4. The molecular formula is C14H15ClN6O. The first-order chi connectivity index (χ1) is 10.7. The normalized spacial score (nSPS) is 11.9. The van der Waals surface area contributed by atoms with Crippen LogP contribution in [0, 0.1) is 0 Å². The lowest BCUT2D eigenvalue weighted by molar-refractivity contribution is 0.415. The van der Waals surface area contributed by atoms with Crippen LogP contribution in [0.15, 0.2) is 36.9 Å². The number of fused-ring (bicyclic) bond motifs is 1. The van der Waals surface area contributed by atoms with E-state index in [2.05, 4.69) is 15.6 Å². The fourth-order valence-corrected chi connectivity index (χ4v) is 2.61. The molecule has 2 heterocycles. The number of hydrogen-bond acceptors (Lipinski definition) is 5. The lowest BCUT2D eigenvalue weighted by Gasteiger charge is -2.07. The third-order valence-electron chi connectivity index (χ3n) is 3.40. The van der Waals surface area contributed by atoms with Crippen LogP contribution in [-0.2, 0) is 0 Å². The van der Waals surface area contributed by atoms with Crippen LogP contribution in [0.25, 0.3) is 27.9 Å². The Morgan fingerprint density at radius 2 is 2.32 bits per heavy atom.